The van der Waals surface area contributed by atoms with Gasteiger partial charge in [-0.1, -0.05) is 5.10 Å². The third-order valence-electron chi connectivity index (χ3n) is 5.27. The summed E-state index contributed by atoms with van der Waals surface area (Å²) in [5, 5.41) is 40.3. The Kier molecular flexibility index (Phi) is 16.8. The first-order chi connectivity index (χ1) is 20.4. The zero-order valence-electron chi connectivity index (χ0n) is 25.0. The SMILES string of the molecule is CN(C)c1ccc(N=Nc2scn[n+]2C)cc1.CN(CCC#N)c1ccc(N=Nc2scc[n+]2C)cc1.CS(=O)(=O)OO.[Cl-]. The fourth-order valence-corrected chi connectivity index (χ4v) is 4.17. The van der Waals surface area contributed by atoms with Gasteiger partial charge in [0.05, 0.1) is 36.0 Å². The predicted octanol–water partition coefficient (Wildman–Crippen LogP) is 2.23. The summed E-state index contributed by atoms with van der Waals surface area (Å²) in [5.41, 5.74) is 5.61. The van der Waals surface area contributed by atoms with Crippen molar-refractivity contribution in [1.29, 1.82) is 5.26 Å². The fourth-order valence-electron chi connectivity index (χ4n) is 2.92. The minimum atomic E-state index is -3.61. The zero-order chi connectivity index (χ0) is 31.8. The largest absolute Gasteiger partial charge is 1.00 e. The highest BCUT2D eigenvalue weighted by atomic mass is 35.5. The summed E-state index contributed by atoms with van der Waals surface area (Å²) >= 11 is 3.01. The van der Waals surface area contributed by atoms with Crippen LogP contribution in [0.5, 0.6) is 0 Å². The van der Waals surface area contributed by atoms with Crippen LogP contribution in [0.2, 0.25) is 0 Å². The van der Waals surface area contributed by atoms with Crippen LogP contribution >= 0.6 is 22.7 Å². The molecule has 0 bridgehead atoms. The highest BCUT2D eigenvalue weighted by molar-refractivity contribution is 7.85. The molecule has 0 aliphatic heterocycles. The van der Waals surface area contributed by atoms with Crippen LogP contribution < -0.4 is 31.5 Å². The normalized spacial score (nSPS) is 10.7. The Bertz CT molecular complexity index is 1620. The minimum Gasteiger partial charge on any atom is -1.00 e. The van der Waals surface area contributed by atoms with Gasteiger partial charge >= 0.3 is 10.3 Å². The lowest BCUT2D eigenvalue weighted by Crippen LogP contribution is -3.00. The molecular weight excluding hydrogens is 648 g/mol. The summed E-state index contributed by atoms with van der Waals surface area (Å²) in [4.78, 5) is 4.09. The number of nitriles is 1. The van der Waals surface area contributed by atoms with Crippen LogP contribution in [-0.2, 0) is 28.5 Å². The molecule has 18 heteroatoms. The third kappa shape index (κ3) is 14.0. The summed E-state index contributed by atoms with van der Waals surface area (Å²) in [5.74, 6) is 0. The number of benzene rings is 2. The van der Waals surface area contributed by atoms with E-state index in [9.17, 15) is 8.42 Å². The van der Waals surface area contributed by atoms with Gasteiger partial charge in [0.25, 0.3) is 10.1 Å². The Morgan fingerprint density at radius 1 is 0.932 bits per heavy atom. The number of azo groups is 2. The summed E-state index contributed by atoms with van der Waals surface area (Å²) in [6, 6.07) is 17.9. The molecule has 0 atom stereocenters. The Morgan fingerprint density at radius 2 is 1.45 bits per heavy atom. The molecule has 44 heavy (non-hydrogen) atoms. The second kappa shape index (κ2) is 19.4. The van der Waals surface area contributed by atoms with Crippen molar-refractivity contribution in [3.05, 3.63) is 65.6 Å². The van der Waals surface area contributed by atoms with E-state index in [-0.39, 0.29) is 12.4 Å². The van der Waals surface area contributed by atoms with Gasteiger partial charge in [-0.3, -0.25) is 0 Å². The van der Waals surface area contributed by atoms with Crippen LogP contribution in [0, 0.1) is 11.3 Å². The van der Waals surface area contributed by atoms with E-state index in [4.69, 9.17) is 10.5 Å². The van der Waals surface area contributed by atoms with E-state index in [0.29, 0.717) is 6.42 Å². The Balaban J connectivity index is 0.000000368. The van der Waals surface area contributed by atoms with Gasteiger partial charge in [0.1, 0.15) is 30.1 Å². The van der Waals surface area contributed by atoms with E-state index < -0.39 is 10.1 Å². The molecule has 14 nitrogen and oxygen atoms in total. The molecular formula is C26H34ClN10O4S3+. The van der Waals surface area contributed by atoms with Gasteiger partial charge in [0.2, 0.25) is 0 Å². The lowest BCUT2D eigenvalue weighted by Gasteiger charge is -2.17. The number of hydrogen-bond donors (Lipinski definition) is 1. The third-order valence-corrected chi connectivity index (χ3v) is 7.13. The first-order valence-electron chi connectivity index (χ1n) is 12.5. The number of thiazole rings is 1. The molecule has 0 aliphatic rings. The molecule has 2 heterocycles. The second-order valence-electron chi connectivity index (χ2n) is 8.88. The van der Waals surface area contributed by atoms with Gasteiger partial charge in [-0.15, -0.1) is 9.02 Å². The highest BCUT2D eigenvalue weighted by Gasteiger charge is 2.09. The van der Waals surface area contributed by atoms with E-state index in [0.717, 1.165) is 45.8 Å². The first-order valence-corrected chi connectivity index (χ1v) is 16.1. The molecule has 0 aliphatic carbocycles. The van der Waals surface area contributed by atoms with Gasteiger partial charge in [-0.05, 0) is 81.4 Å². The zero-order valence-corrected chi connectivity index (χ0v) is 28.2. The molecule has 4 aromatic rings. The number of hydrogen-bond acceptors (Lipinski definition) is 14. The van der Waals surface area contributed by atoms with Gasteiger partial charge in [0, 0.05) is 44.4 Å². The Morgan fingerprint density at radius 3 is 1.86 bits per heavy atom. The monoisotopic (exact) mass is 681 g/mol. The van der Waals surface area contributed by atoms with Crippen molar-refractivity contribution in [1.82, 2.24) is 5.10 Å². The fraction of sp³-hybridized carbons (Fsp3) is 0.308. The van der Waals surface area contributed by atoms with Crippen LogP contribution in [0.4, 0.5) is 33.0 Å². The quantitative estimate of drug-likeness (QED) is 0.122. The molecule has 0 saturated carbocycles. The van der Waals surface area contributed by atoms with Crippen molar-refractivity contribution in [2.75, 3.05) is 43.7 Å². The molecule has 0 spiro atoms. The van der Waals surface area contributed by atoms with Crippen LogP contribution in [-0.4, -0.2) is 52.7 Å². The maximum Gasteiger partial charge on any atom is 0.429 e. The van der Waals surface area contributed by atoms with Crippen molar-refractivity contribution in [2.45, 2.75) is 6.42 Å². The summed E-state index contributed by atoms with van der Waals surface area (Å²) in [7, 11) is 6.17. The molecule has 0 radical (unpaired) electrons. The van der Waals surface area contributed by atoms with Crippen molar-refractivity contribution < 1.29 is 39.7 Å². The van der Waals surface area contributed by atoms with E-state index in [1.807, 2.05) is 110 Å². The average Bonchev–Trinajstić information content (AvgIpc) is 3.61. The Hall–Kier alpha value is -3.92. The van der Waals surface area contributed by atoms with Crippen LogP contribution in [0.25, 0.3) is 0 Å². The van der Waals surface area contributed by atoms with Gasteiger partial charge in [-0.25, -0.2) is 9.82 Å². The van der Waals surface area contributed by atoms with E-state index in [1.54, 1.807) is 21.5 Å². The number of aryl methyl sites for hydroxylation is 2. The molecule has 236 valence electrons. The molecule has 1 N–H and O–H groups in total. The van der Waals surface area contributed by atoms with E-state index >= 15 is 0 Å². The van der Waals surface area contributed by atoms with Gasteiger partial charge in [-0.2, -0.15) is 13.7 Å². The first kappa shape index (κ1) is 38.1. The van der Waals surface area contributed by atoms with Crippen molar-refractivity contribution in [2.24, 2.45) is 34.6 Å². The molecule has 0 saturated heterocycles. The Labute approximate surface area is 271 Å². The lowest BCUT2D eigenvalue weighted by molar-refractivity contribution is -0.713. The van der Waals surface area contributed by atoms with Gasteiger partial charge in [0.15, 0.2) is 0 Å². The summed E-state index contributed by atoms with van der Waals surface area (Å²) < 4.78 is 25.6. The van der Waals surface area contributed by atoms with Crippen LogP contribution in [0.3, 0.4) is 0 Å². The summed E-state index contributed by atoms with van der Waals surface area (Å²) in [6.07, 6.45) is 3.21. The summed E-state index contributed by atoms with van der Waals surface area (Å²) in [6.45, 7) is 0.725. The number of aromatic nitrogens is 3. The lowest BCUT2D eigenvalue weighted by atomic mass is 10.2. The van der Waals surface area contributed by atoms with Crippen molar-refractivity contribution in [3.8, 4) is 6.07 Å². The smallest absolute Gasteiger partial charge is 0.429 e. The van der Waals surface area contributed by atoms with Crippen LogP contribution in [0.15, 0.2) is 86.1 Å². The van der Waals surface area contributed by atoms with Crippen LogP contribution in [0.1, 0.15) is 6.42 Å². The molecule has 2 aromatic heterocycles. The predicted molar refractivity (Wildman–Crippen MR) is 166 cm³/mol. The van der Waals surface area contributed by atoms with Crippen molar-refractivity contribution >= 4 is 65.8 Å². The van der Waals surface area contributed by atoms with E-state index in [1.165, 1.54) is 11.3 Å². The molecule has 2 aromatic carbocycles. The van der Waals surface area contributed by atoms with Crippen molar-refractivity contribution in [3.63, 3.8) is 0 Å². The number of halogens is 1. The second-order valence-corrected chi connectivity index (χ2v) is 12.1. The number of nitrogens with zero attached hydrogens (tertiary/aromatic N) is 10. The standard InChI is InChI=1S/C14H16N5S.C11H14N5S.CH4O4S.ClH/c1-18(9-3-8-15)13-6-4-12(5-7-13)16-17-14-19(2)10-11-20-14;1-15(2)10-6-4-9(5-7-10)13-14-11-16(3)12-8-17-11;1-6(3,4)5-2;/h4-7,10-11H,3,9H2,1-2H3;4-8H,1-3H3;2H,1H3;1H/q2*+1;;/p-1. The van der Waals surface area contributed by atoms with E-state index in [2.05, 4.69) is 36.0 Å². The minimum absolute atomic E-state index is 0. The average molecular weight is 682 g/mol. The molecule has 0 amide bonds. The number of rotatable bonds is 9. The molecule has 0 unspecified atom stereocenters. The topological polar surface area (TPSA) is 164 Å². The molecule has 0 fully saturated rings. The number of anilines is 2. The maximum absolute atomic E-state index is 9.53. The highest BCUT2D eigenvalue weighted by Crippen LogP contribution is 2.23. The van der Waals surface area contributed by atoms with Gasteiger partial charge < -0.3 is 22.2 Å². The molecule has 4 rings (SSSR count). The maximum atomic E-state index is 9.53.